The van der Waals surface area contributed by atoms with Crippen LogP contribution in [0.5, 0.6) is 5.75 Å². The predicted octanol–water partition coefficient (Wildman–Crippen LogP) is 4.46. The fraction of sp³-hybridized carbons (Fsp3) is 0.190. The van der Waals surface area contributed by atoms with Crippen molar-refractivity contribution in [3.05, 3.63) is 59.9 Å². The number of aromatic nitrogens is 3. The number of anilines is 1. The zero-order chi connectivity index (χ0) is 20.5. The number of benzene rings is 2. The number of aryl methyl sites for hydroxylation is 1. The number of hydrogen-bond acceptors (Lipinski definition) is 5. The zero-order valence-corrected chi connectivity index (χ0v) is 17.0. The van der Waals surface area contributed by atoms with Crippen molar-refractivity contribution in [3.63, 3.8) is 0 Å². The molecule has 0 aliphatic heterocycles. The number of carbonyl (C=O) groups is 1. The zero-order valence-electron chi connectivity index (χ0n) is 16.1. The molecule has 0 aliphatic rings. The highest BCUT2D eigenvalue weighted by atomic mass is 32.2. The molecule has 2 aromatic carbocycles. The lowest BCUT2D eigenvalue weighted by Crippen LogP contribution is -2.23. The molecule has 0 bridgehead atoms. The van der Waals surface area contributed by atoms with Crippen LogP contribution in [0.2, 0.25) is 0 Å². The number of carbonyl (C=O) groups excluding carboxylic acids is 1. The van der Waals surface area contributed by atoms with Crippen LogP contribution in [-0.2, 0) is 4.79 Å². The van der Waals surface area contributed by atoms with E-state index < -0.39 is 11.1 Å². The van der Waals surface area contributed by atoms with Gasteiger partial charge < -0.3 is 10.1 Å². The normalized spacial score (nSPS) is 12.3. The van der Waals surface area contributed by atoms with Crippen LogP contribution in [0.25, 0.3) is 16.6 Å². The topological polar surface area (TPSA) is 68.5 Å². The second-order valence-corrected chi connectivity index (χ2v) is 7.92. The maximum absolute atomic E-state index is 13.8. The molecule has 1 N–H and O–H groups in total. The van der Waals surface area contributed by atoms with Gasteiger partial charge in [0.1, 0.15) is 11.6 Å². The summed E-state index contributed by atoms with van der Waals surface area (Å²) in [5, 5.41) is 12.3. The predicted molar refractivity (Wildman–Crippen MR) is 112 cm³/mol. The van der Waals surface area contributed by atoms with Gasteiger partial charge in [-0.2, -0.15) is 0 Å². The van der Waals surface area contributed by atoms with Crippen molar-refractivity contribution in [1.82, 2.24) is 14.6 Å². The molecule has 4 rings (SSSR count). The van der Waals surface area contributed by atoms with E-state index in [0.717, 1.165) is 22.2 Å². The molecule has 0 radical (unpaired) electrons. The summed E-state index contributed by atoms with van der Waals surface area (Å²) >= 11 is 1.26. The van der Waals surface area contributed by atoms with E-state index in [2.05, 4.69) is 15.5 Å². The number of methoxy groups -OCH3 is 1. The van der Waals surface area contributed by atoms with Crippen molar-refractivity contribution >= 4 is 39.9 Å². The SMILES string of the molecule is COc1ccc2c(C)cc3nnc(S[C@H](C)C(=O)Nc4ccccc4F)n3c2c1. The third-order valence-corrected chi connectivity index (χ3v) is 5.70. The van der Waals surface area contributed by atoms with Crippen LogP contribution in [0.15, 0.2) is 53.7 Å². The number of para-hydroxylation sites is 1. The first-order valence-corrected chi connectivity index (χ1v) is 9.90. The number of halogens is 1. The minimum atomic E-state index is -0.510. The van der Waals surface area contributed by atoms with E-state index in [1.54, 1.807) is 26.2 Å². The maximum Gasteiger partial charge on any atom is 0.237 e. The fourth-order valence-electron chi connectivity index (χ4n) is 3.11. The standard InChI is InChI=1S/C21H19FN4O2S/c1-12-10-19-24-25-21(26(19)18-11-14(28-3)8-9-15(12)18)29-13(2)20(27)23-17-7-5-4-6-16(17)22/h4-11,13H,1-3H3,(H,23,27)/t13-/m1/s1. The molecule has 0 saturated carbocycles. The van der Waals surface area contributed by atoms with E-state index in [1.807, 2.05) is 35.6 Å². The molecule has 148 valence electrons. The van der Waals surface area contributed by atoms with Gasteiger partial charge in [-0.1, -0.05) is 23.9 Å². The molecule has 2 aromatic heterocycles. The third kappa shape index (κ3) is 3.63. The minimum absolute atomic E-state index is 0.155. The van der Waals surface area contributed by atoms with Gasteiger partial charge in [0.25, 0.3) is 0 Å². The highest BCUT2D eigenvalue weighted by Crippen LogP contribution is 2.30. The number of hydrogen-bond donors (Lipinski definition) is 1. The molecule has 0 spiro atoms. The molecule has 1 amide bonds. The summed E-state index contributed by atoms with van der Waals surface area (Å²) in [4.78, 5) is 12.6. The minimum Gasteiger partial charge on any atom is -0.497 e. The van der Waals surface area contributed by atoms with Crippen molar-refractivity contribution in [2.75, 3.05) is 12.4 Å². The van der Waals surface area contributed by atoms with Crippen LogP contribution in [0, 0.1) is 12.7 Å². The Morgan fingerprint density at radius 1 is 1.21 bits per heavy atom. The van der Waals surface area contributed by atoms with Crippen LogP contribution in [-0.4, -0.2) is 32.9 Å². The molecule has 0 saturated heterocycles. The smallest absolute Gasteiger partial charge is 0.237 e. The number of thioether (sulfide) groups is 1. The Balaban J connectivity index is 1.68. The highest BCUT2D eigenvalue weighted by molar-refractivity contribution is 8.00. The van der Waals surface area contributed by atoms with Gasteiger partial charge in [-0.15, -0.1) is 10.2 Å². The summed E-state index contributed by atoms with van der Waals surface area (Å²) in [7, 11) is 1.62. The first-order chi connectivity index (χ1) is 14.0. The fourth-order valence-corrected chi connectivity index (χ4v) is 3.98. The first kappa shape index (κ1) is 19.2. The van der Waals surface area contributed by atoms with E-state index in [1.165, 1.54) is 23.9 Å². The summed E-state index contributed by atoms with van der Waals surface area (Å²) in [6, 6.07) is 13.9. The summed E-state index contributed by atoms with van der Waals surface area (Å²) in [6.45, 7) is 3.76. The molecular weight excluding hydrogens is 391 g/mol. The number of nitrogens with one attached hydrogen (secondary N) is 1. The Labute approximate surface area is 171 Å². The van der Waals surface area contributed by atoms with E-state index in [-0.39, 0.29) is 11.6 Å². The number of rotatable bonds is 5. The van der Waals surface area contributed by atoms with Crippen molar-refractivity contribution in [1.29, 1.82) is 0 Å². The monoisotopic (exact) mass is 410 g/mol. The number of amides is 1. The average Bonchev–Trinajstić information content (AvgIpc) is 3.11. The largest absolute Gasteiger partial charge is 0.497 e. The van der Waals surface area contributed by atoms with E-state index >= 15 is 0 Å². The lowest BCUT2D eigenvalue weighted by atomic mass is 10.1. The quantitative estimate of drug-likeness (QED) is 0.492. The number of ether oxygens (including phenoxy) is 1. The summed E-state index contributed by atoms with van der Waals surface area (Å²) in [5.41, 5.74) is 2.81. The van der Waals surface area contributed by atoms with Crippen LogP contribution in [0.1, 0.15) is 12.5 Å². The molecule has 0 fully saturated rings. The summed E-state index contributed by atoms with van der Waals surface area (Å²) in [5.74, 6) is -0.0650. The van der Waals surface area contributed by atoms with E-state index in [9.17, 15) is 9.18 Å². The van der Waals surface area contributed by atoms with Crippen LogP contribution < -0.4 is 10.1 Å². The van der Waals surface area contributed by atoms with Gasteiger partial charge in [0.2, 0.25) is 5.91 Å². The van der Waals surface area contributed by atoms with Crippen molar-refractivity contribution in [2.24, 2.45) is 0 Å². The Hall–Kier alpha value is -3.13. The molecule has 0 unspecified atom stereocenters. The van der Waals surface area contributed by atoms with Gasteiger partial charge in [-0.3, -0.25) is 9.20 Å². The first-order valence-electron chi connectivity index (χ1n) is 9.02. The van der Waals surface area contributed by atoms with Crippen LogP contribution >= 0.6 is 11.8 Å². The second-order valence-electron chi connectivity index (χ2n) is 6.62. The van der Waals surface area contributed by atoms with Gasteiger partial charge >= 0.3 is 0 Å². The van der Waals surface area contributed by atoms with Crippen molar-refractivity contribution in [3.8, 4) is 5.75 Å². The number of fused-ring (bicyclic) bond motifs is 3. The molecule has 6 nitrogen and oxygen atoms in total. The van der Waals surface area contributed by atoms with Crippen molar-refractivity contribution < 1.29 is 13.9 Å². The maximum atomic E-state index is 13.8. The Kier molecular flexibility index (Phi) is 5.10. The Morgan fingerprint density at radius 2 is 2.00 bits per heavy atom. The van der Waals surface area contributed by atoms with Crippen molar-refractivity contribution in [2.45, 2.75) is 24.3 Å². The number of pyridine rings is 1. The molecule has 2 heterocycles. The molecule has 4 aromatic rings. The molecule has 8 heteroatoms. The molecular formula is C21H19FN4O2S. The highest BCUT2D eigenvalue weighted by Gasteiger charge is 2.20. The Bertz CT molecular complexity index is 1220. The second kappa shape index (κ2) is 7.71. The third-order valence-electron chi connectivity index (χ3n) is 4.66. The van der Waals surface area contributed by atoms with Crippen LogP contribution in [0.3, 0.4) is 0 Å². The van der Waals surface area contributed by atoms with Gasteiger partial charge in [0, 0.05) is 11.5 Å². The number of nitrogens with zero attached hydrogens (tertiary/aromatic N) is 3. The van der Waals surface area contributed by atoms with Gasteiger partial charge in [-0.05, 0) is 49.7 Å². The molecule has 0 aliphatic carbocycles. The van der Waals surface area contributed by atoms with Gasteiger partial charge in [0.05, 0.1) is 23.6 Å². The summed E-state index contributed by atoms with van der Waals surface area (Å²) in [6.07, 6.45) is 0. The Morgan fingerprint density at radius 3 is 2.76 bits per heavy atom. The van der Waals surface area contributed by atoms with E-state index in [4.69, 9.17) is 4.74 Å². The van der Waals surface area contributed by atoms with Crippen LogP contribution in [0.4, 0.5) is 10.1 Å². The molecule has 29 heavy (non-hydrogen) atoms. The summed E-state index contributed by atoms with van der Waals surface area (Å²) < 4.78 is 21.1. The lowest BCUT2D eigenvalue weighted by molar-refractivity contribution is -0.115. The average molecular weight is 410 g/mol. The van der Waals surface area contributed by atoms with Gasteiger partial charge in [0.15, 0.2) is 10.8 Å². The lowest BCUT2D eigenvalue weighted by Gasteiger charge is -2.13. The molecule has 1 atom stereocenters. The van der Waals surface area contributed by atoms with Gasteiger partial charge in [-0.25, -0.2) is 4.39 Å². The van der Waals surface area contributed by atoms with E-state index in [0.29, 0.717) is 10.8 Å².